The summed E-state index contributed by atoms with van der Waals surface area (Å²) < 4.78 is 0. The van der Waals surface area contributed by atoms with Crippen LogP contribution in [0.2, 0.25) is 0 Å². The molecule has 0 radical (unpaired) electrons. The van der Waals surface area contributed by atoms with Crippen molar-refractivity contribution in [2.75, 3.05) is 33.7 Å². The van der Waals surface area contributed by atoms with E-state index in [-0.39, 0.29) is 5.91 Å². The van der Waals surface area contributed by atoms with Gasteiger partial charge in [0, 0.05) is 33.2 Å². The fourth-order valence-corrected chi connectivity index (χ4v) is 2.64. The van der Waals surface area contributed by atoms with E-state index in [1.807, 2.05) is 0 Å². The van der Waals surface area contributed by atoms with Crippen LogP contribution in [0.4, 0.5) is 0 Å². The van der Waals surface area contributed by atoms with Gasteiger partial charge < -0.3 is 10.6 Å². The molecule has 0 aromatic heterocycles. The lowest BCUT2D eigenvalue weighted by Gasteiger charge is -2.42. The molecule has 0 spiro atoms. The van der Waals surface area contributed by atoms with Gasteiger partial charge >= 0.3 is 0 Å². The highest BCUT2D eigenvalue weighted by atomic mass is 16.2. The average Bonchev–Trinajstić information content (AvgIpc) is 2.16. The Morgan fingerprint density at radius 1 is 1.44 bits per heavy atom. The quantitative estimate of drug-likeness (QED) is 0.758. The second kappa shape index (κ2) is 5.64. The molecule has 16 heavy (non-hydrogen) atoms. The molecule has 94 valence electrons. The molecule has 3 unspecified atom stereocenters. The zero-order chi connectivity index (χ0) is 12.3. The number of carbonyl (C=O) groups excluding carboxylic acids is 1. The fraction of sp³-hybridized carbons (Fsp3) is 0.917. The van der Waals surface area contributed by atoms with Crippen LogP contribution in [0.15, 0.2) is 0 Å². The summed E-state index contributed by atoms with van der Waals surface area (Å²) in [7, 11) is 3.60. The number of nitrogens with two attached hydrogens (primary N) is 1. The molecule has 1 rings (SSSR count). The first-order valence-electron chi connectivity index (χ1n) is 6.10. The van der Waals surface area contributed by atoms with Crippen LogP contribution in [0.5, 0.6) is 0 Å². The summed E-state index contributed by atoms with van der Waals surface area (Å²) in [4.78, 5) is 15.6. The Hall–Kier alpha value is -0.610. The Bertz CT molecular complexity index is 242. The molecule has 0 bridgehead atoms. The first-order chi connectivity index (χ1) is 7.45. The summed E-state index contributed by atoms with van der Waals surface area (Å²) in [6.45, 7) is 6.63. The SMILES string of the molecule is CC1CC(C)C(CN)N(CC(=O)N(C)C)C1. The molecule has 0 aliphatic carbocycles. The molecule has 1 heterocycles. The van der Waals surface area contributed by atoms with E-state index in [1.54, 1.807) is 19.0 Å². The minimum absolute atomic E-state index is 0.166. The Morgan fingerprint density at radius 2 is 2.06 bits per heavy atom. The van der Waals surface area contributed by atoms with Crippen LogP contribution in [0.3, 0.4) is 0 Å². The number of amides is 1. The van der Waals surface area contributed by atoms with Crippen molar-refractivity contribution in [2.45, 2.75) is 26.3 Å². The molecule has 1 aliphatic rings. The molecule has 1 saturated heterocycles. The van der Waals surface area contributed by atoms with Gasteiger partial charge in [0.25, 0.3) is 0 Å². The summed E-state index contributed by atoms with van der Waals surface area (Å²) in [5.41, 5.74) is 5.81. The van der Waals surface area contributed by atoms with Crippen molar-refractivity contribution in [3.05, 3.63) is 0 Å². The van der Waals surface area contributed by atoms with Crippen LogP contribution in [-0.4, -0.2) is 55.5 Å². The molecule has 1 aliphatic heterocycles. The molecular formula is C12H25N3O. The molecule has 0 aromatic rings. The van der Waals surface area contributed by atoms with E-state index in [0.29, 0.717) is 31.0 Å². The van der Waals surface area contributed by atoms with Gasteiger partial charge in [-0.25, -0.2) is 0 Å². The topological polar surface area (TPSA) is 49.6 Å². The van der Waals surface area contributed by atoms with Gasteiger partial charge in [0.1, 0.15) is 0 Å². The van der Waals surface area contributed by atoms with Crippen LogP contribution < -0.4 is 5.73 Å². The standard InChI is InChI=1S/C12H25N3O/c1-9-5-10(2)11(6-13)15(7-9)8-12(16)14(3)4/h9-11H,5-8,13H2,1-4H3. The third-order valence-electron chi connectivity index (χ3n) is 3.52. The van der Waals surface area contributed by atoms with Crippen LogP contribution in [0.25, 0.3) is 0 Å². The predicted molar refractivity (Wildman–Crippen MR) is 66.1 cm³/mol. The molecule has 4 nitrogen and oxygen atoms in total. The number of piperidine rings is 1. The maximum Gasteiger partial charge on any atom is 0.236 e. The highest BCUT2D eigenvalue weighted by molar-refractivity contribution is 5.77. The van der Waals surface area contributed by atoms with Crippen molar-refractivity contribution in [2.24, 2.45) is 17.6 Å². The zero-order valence-corrected chi connectivity index (χ0v) is 10.9. The van der Waals surface area contributed by atoms with Gasteiger partial charge in [-0.05, 0) is 18.3 Å². The number of rotatable bonds is 3. The molecular weight excluding hydrogens is 202 g/mol. The first kappa shape index (κ1) is 13.5. The van der Waals surface area contributed by atoms with E-state index in [1.165, 1.54) is 6.42 Å². The number of nitrogens with zero attached hydrogens (tertiary/aromatic N) is 2. The largest absolute Gasteiger partial charge is 0.348 e. The lowest BCUT2D eigenvalue weighted by atomic mass is 9.85. The molecule has 2 N–H and O–H groups in total. The highest BCUT2D eigenvalue weighted by Crippen LogP contribution is 2.26. The molecule has 4 heteroatoms. The summed E-state index contributed by atoms with van der Waals surface area (Å²) >= 11 is 0. The van der Waals surface area contributed by atoms with E-state index < -0.39 is 0 Å². The smallest absolute Gasteiger partial charge is 0.236 e. The third-order valence-corrected chi connectivity index (χ3v) is 3.52. The average molecular weight is 227 g/mol. The monoisotopic (exact) mass is 227 g/mol. The summed E-state index contributed by atoms with van der Waals surface area (Å²) in [5.74, 6) is 1.41. The highest BCUT2D eigenvalue weighted by Gasteiger charge is 2.32. The Kier molecular flexibility index (Phi) is 4.74. The Morgan fingerprint density at radius 3 is 2.56 bits per heavy atom. The van der Waals surface area contributed by atoms with Crippen LogP contribution in [0, 0.1) is 11.8 Å². The van der Waals surface area contributed by atoms with Crippen molar-refractivity contribution < 1.29 is 4.79 Å². The van der Waals surface area contributed by atoms with Crippen molar-refractivity contribution in [1.29, 1.82) is 0 Å². The number of likely N-dealkylation sites (N-methyl/N-ethyl adjacent to an activating group) is 1. The molecule has 0 aromatic carbocycles. The number of hydrogen-bond donors (Lipinski definition) is 1. The second-order valence-electron chi connectivity index (χ2n) is 5.34. The van der Waals surface area contributed by atoms with E-state index in [4.69, 9.17) is 5.73 Å². The van der Waals surface area contributed by atoms with E-state index in [9.17, 15) is 4.79 Å². The maximum atomic E-state index is 11.7. The van der Waals surface area contributed by atoms with Crippen molar-refractivity contribution in [1.82, 2.24) is 9.80 Å². The zero-order valence-electron chi connectivity index (χ0n) is 10.9. The minimum atomic E-state index is 0.166. The van der Waals surface area contributed by atoms with Crippen LogP contribution in [0.1, 0.15) is 20.3 Å². The van der Waals surface area contributed by atoms with E-state index >= 15 is 0 Å². The van der Waals surface area contributed by atoms with Crippen LogP contribution >= 0.6 is 0 Å². The van der Waals surface area contributed by atoms with Gasteiger partial charge in [0.2, 0.25) is 5.91 Å². The van der Waals surface area contributed by atoms with Gasteiger partial charge in [-0.1, -0.05) is 13.8 Å². The van der Waals surface area contributed by atoms with Gasteiger partial charge in [-0.3, -0.25) is 9.69 Å². The van der Waals surface area contributed by atoms with Gasteiger partial charge in [0.15, 0.2) is 0 Å². The minimum Gasteiger partial charge on any atom is -0.348 e. The van der Waals surface area contributed by atoms with Crippen molar-refractivity contribution >= 4 is 5.91 Å². The maximum absolute atomic E-state index is 11.7. The van der Waals surface area contributed by atoms with Crippen LogP contribution in [-0.2, 0) is 4.79 Å². The first-order valence-corrected chi connectivity index (χ1v) is 6.10. The lowest BCUT2D eigenvalue weighted by Crippen LogP contribution is -2.53. The van der Waals surface area contributed by atoms with Crippen molar-refractivity contribution in [3.8, 4) is 0 Å². The molecule has 1 amide bonds. The fourth-order valence-electron chi connectivity index (χ4n) is 2.64. The third kappa shape index (κ3) is 3.19. The lowest BCUT2D eigenvalue weighted by molar-refractivity contribution is -0.131. The van der Waals surface area contributed by atoms with Gasteiger partial charge in [0.05, 0.1) is 6.54 Å². The molecule has 0 saturated carbocycles. The molecule has 3 atom stereocenters. The number of carbonyl (C=O) groups is 1. The van der Waals surface area contributed by atoms with E-state index in [0.717, 1.165) is 6.54 Å². The number of likely N-dealkylation sites (tertiary alicyclic amines) is 1. The molecule has 1 fully saturated rings. The Labute approximate surface area is 98.8 Å². The van der Waals surface area contributed by atoms with E-state index in [2.05, 4.69) is 18.7 Å². The predicted octanol–water partition coefficient (Wildman–Crippen LogP) is 0.380. The summed E-state index contributed by atoms with van der Waals surface area (Å²) in [6.07, 6.45) is 1.22. The van der Waals surface area contributed by atoms with Gasteiger partial charge in [-0.15, -0.1) is 0 Å². The normalized spacial score (nSPS) is 31.4. The number of hydrogen-bond acceptors (Lipinski definition) is 3. The summed E-state index contributed by atoms with van der Waals surface area (Å²) in [6, 6.07) is 0.361. The Balaban J connectivity index is 2.63. The van der Waals surface area contributed by atoms with Crippen molar-refractivity contribution in [3.63, 3.8) is 0 Å². The second-order valence-corrected chi connectivity index (χ2v) is 5.34. The van der Waals surface area contributed by atoms with Gasteiger partial charge in [-0.2, -0.15) is 0 Å². The summed E-state index contributed by atoms with van der Waals surface area (Å²) in [5, 5.41) is 0.